The SMILES string of the molecule is C=CC(=O)N1C[C@@H](n2nc(C#Cc3ccc(C4CC4)n4cncc34)c(C(N)=O)c2NC)C[C@@H]1COC. The summed E-state index contributed by atoms with van der Waals surface area (Å²) in [4.78, 5) is 30.9. The van der Waals surface area contributed by atoms with Gasteiger partial charge >= 0.3 is 0 Å². The molecule has 2 fully saturated rings. The Labute approximate surface area is 209 Å². The number of pyridine rings is 1. The van der Waals surface area contributed by atoms with Crippen molar-refractivity contribution < 1.29 is 14.3 Å². The molecule has 10 nitrogen and oxygen atoms in total. The van der Waals surface area contributed by atoms with Crippen LogP contribution in [-0.4, -0.2) is 69.2 Å². The van der Waals surface area contributed by atoms with E-state index in [2.05, 4.69) is 44.3 Å². The molecule has 2 amide bonds. The standard InChI is InChI=1S/C26H29N7O3/c1-4-23(34)31-13-18(11-19(31)14-36-3)33-26(28-2)24(25(27)35)20(30-33)9-7-17-8-10-21(16-5-6-16)32-15-29-12-22(17)32/h4,8,10,12,15-16,18-19,28H,1,5-6,11,13-14H2,2-3H3,(H2,27,35)/t18-,19+/m0/s1. The molecule has 3 aromatic rings. The second-order valence-corrected chi connectivity index (χ2v) is 9.17. The van der Waals surface area contributed by atoms with Crippen molar-refractivity contribution in [1.82, 2.24) is 24.1 Å². The fraction of sp³-hybridized carbons (Fsp3) is 0.385. The molecule has 10 heteroatoms. The predicted octanol–water partition coefficient (Wildman–Crippen LogP) is 1.92. The van der Waals surface area contributed by atoms with Gasteiger partial charge in [-0.3, -0.25) is 9.59 Å². The monoisotopic (exact) mass is 487 g/mol. The van der Waals surface area contributed by atoms with Gasteiger partial charge in [0.2, 0.25) is 5.91 Å². The van der Waals surface area contributed by atoms with Crippen molar-refractivity contribution >= 4 is 23.1 Å². The number of primary amides is 1. The zero-order chi connectivity index (χ0) is 25.4. The third-order valence-electron chi connectivity index (χ3n) is 6.87. The number of carbonyl (C=O) groups is 2. The van der Waals surface area contributed by atoms with Crippen LogP contribution in [0.3, 0.4) is 0 Å². The van der Waals surface area contributed by atoms with E-state index in [9.17, 15) is 9.59 Å². The van der Waals surface area contributed by atoms with Crippen molar-refractivity contribution in [2.24, 2.45) is 5.73 Å². The van der Waals surface area contributed by atoms with E-state index in [1.807, 2.05) is 12.4 Å². The maximum absolute atomic E-state index is 12.5. The molecule has 2 aliphatic rings. The summed E-state index contributed by atoms with van der Waals surface area (Å²) in [6.45, 7) is 4.40. The lowest BCUT2D eigenvalue weighted by Crippen LogP contribution is -2.37. The molecule has 0 radical (unpaired) electrons. The van der Waals surface area contributed by atoms with Gasteiger partial charge in [0.25, 0.3) is 5.91 Å². The van der Waals surface area contributed by atoms with Gasteiger partial charge < -0.3 is 25.1 Å². The summed E-state index contributed by atoms with van der Waals surface area (Å²) in [5.41, 5.74) is 9.21. The number of methoxy groups -OCH3 is 1. The van der Waals surface area contributed by atoms with E-state index in [0.29, 0.717) is 31.3 Å². The van der Waals surface area contributed by atoms with E-state index in [1.165, 1.54) is 24.6 Å². The van der Waals surface area contributed by atoms with E-state index in [-0.39, 0.29) is 29.2 Å². The Morgan fingerprint density at radius 3 is 2.81 bits per heavy atom. The fourth-order valence-corrected chi connectivity index (χ4v) is 5.04. The van der Waals surface area contributed by atoms with Gasteiger partial charge in [-0.05, 0) is 49.3 Å². The lowest BCUT2D eigenvalue weighted by atomic mass is 10.1. The van der Waals surface area contributed by atoms with Gasteiger partial charge in [-0.2, -0.15) is 5.10 Å². The van der Waals surface area contributed by atoms with Gasteiger partial charge in [-0.1, -0.05) is 12.5 Å². The smallest absolute Gasteiger partial charge is 0.255 e. The molecule has 0 spiro atoms. The van der Waals surface area contributed by atoms with Crippen LogP contribution in [0.4, 0.5) is 5.82 Å². The summed E-state index contributed by atoms with van der Waals surface area (Å²) in [6.07, 6.45) is 7.88. The van der Waals surface area contributed by atoms with Gasteiger partial charge in [0.05, 0.1) is 42.3 Å². The molecule has 1 aliphatic carbocycles. The van der Waals surface area contributed by atoms with Crippen molar-refractivity contribution in [3.63, 3.8) is 0 Å². The van der Waals surface area contributed by atoms with Gasteiger partial charge in [0.15, 0.2) is 5.69 Å². The average molecular weight is 488 g/mol. The number of carbonyl (C=O) groups excluding carboxylic acids is 2. The number of aromatic nitrogens is 4. The van der Waals surface area contributed by atoms with Gasteiger partial charge in [-0.15, -0.1) is 0 Å². The number of nitrogens with zero attached hydrogens (tertiary/aromatic N) is 5. The Morgan fingerprint density at radius 2 is 2.14 bits per heavy atom. The highest BCUT2D eigenvalue weighted by atomic mass is 16.5. The van der Waals surface area contributed by atoms with E-state index < -0.39 is 5.91 Å². The Morgan fingerprint density at radius 1 is 1.33 bits per heavy atom. The zero-order valence-corrected chi connectivity index (χ0v) is 20.4. The van der Waals surface area contributed by atoms with Crippen molar-refractivity contribution in [3.05, 3.63) is 59.8 Å². The topological polar surface area (TPSA) is 120 Å². The molecule has 2 atom stereocenters. The summed E-state index contributed by atoms with van der Waals surface area (Å²) in [7, 11) is 3.31. The average Bonchev–Trinajstić information content (AvgIpc) is 3.28. The molecular formula is C26H29N7O3. The summed E-state index contributed by atoms with van der Waals surface area (Å²) >= 11 is 0. The van der Waals surface area contributed by atoms with Crippen molar-refractivity contribution in [1.29, 1.82) is 0 Å². The molecule has 0 bridgehead atoms. The highest BCUT2D eigenvalue weighted by Crippen LogP contribution is 2.40. The molecular weight excluding hydrogens is 458 g/mol. The number of ether oxygens (including phenoxy) is 1. The molecule has 0 aromatic carbocycles. The second-order valence-electron chi connectivity index (χ2n) is 9.17. The molecule has 1 saturated heterocycles. The number of imidazole rings is 1. The fourth-order valence-electron chi connectivity index (χ4n) is 5.04. The highest BCUT2D eigenvalue weighted by molar-refractivity contribution is 6.00. The van der Waals surface area contributed by atoms with Crippen LogP contribution < -0.4 is 11.1 Å². The first-order valence-corrected chi connectivity index (χ1v) is 12.0. The van der Waals surface area contributed by atoms with E-state index in [1.54, 1.807) is 29.9 Å². The number of nitrogens with one attached hydrogen (secondary N) is 1. The maximum Gasteiger partial charge on any atom is 0.255 e. The number of hydrogen-bond acceptors (Lipinski definition) is 6. The number of anilines is 1. The van der Waals surface area contributed by atoms with Crippen LogP contribution in [0.5, 0.6) is 0 Å². The largest absolute Gasteiger partial charge is 0.383 e. The first-order valence-electron chi connectivity index (χ1n) is 12.0. The van der Waals surface area contributed by atoms with E-state index in [4.69, 9.17) is 10.5 Å². The lowest BCUT2D eigenvalue weighted by molar-refractivity contribution is -0.127. The van der Waals surface area contributed by atoms with Crippen LogP contribution >= 0.6 is 0 Å². The number of fused-ring (bicyclic) bond motifs is 1. The number of nitrogens with two attached hydrogens (primary N) is 1. The quantitative estimate of drug-likeness (QED) is 0.388. The second kappa shape index (κ2) is 9.51. The predicted molar refractivity (Wildman–Crippen MR) is 135 cm³/mol. The molecule has 3 aromatic heterocycles. The van der Waals surface area contributed by atoms with Crippen LogP contribution in [-0.2, 0) is 9.53 Å². The molecule has 1 saturated carbocycles. The van der Waals surface area contributed by atoms with Gasteiger partial charge in [-0.25, -0.2) is 9.67 Å². The molecule has 36 heavy (non-hydrogen) atoms. The van der Waals surface area contributed by atoms with Crippen LogP contribution in [0, 0.1) is 11.8 Å². The minimum Gasteiger partial charge on any atom is -0.383 e. The Hall–Kier alpha value is -4.10. The number of likely N-dealkylation sites (tertiary alicyclic amines) is 1. The summed E-state index contributed by atoms with van der Waals surface area (Å²) < 4.78 is 9.12. The molecule has 5 rings (SSSR count). The molecule has 0 unspecified atom stereocenters. The van der Waals surface area contributed by atoms with Crippen LogP contribution in [0.15, 0.2) is 37.3 Å². The Kier molecular flexibility index (Phi) is 6.24. The van der Waals surface area contributed by atoms with E-state index >= 15 is 0 Å². The first-order chi connectivity index (χ1) is 17.5. The van der Waals surface area contributed by atoms with E-state index in [0.717, 1.165) is 11.1 Å². The minimum absolute atomic E-state index is 0.133. The van der Waals surface area contributed by atoms with Crippen molar-refractivity contribution in [2.45, 2.75) is 37.3 Å². The maximum atomic E-state index is 12.5. The van der Waals surface area contributed by atoms with Crippen LogP contribution in [0.25, 0.3) is 5.52 Å². The number of hydrogen-bond donors (Lipinski definition) is 2. The minimum atomic E-state index is -0.626. The summed E-state index contributed by atoms with van der Waals surface area (Å²) in [5, 5.41) is 7.75. The molecule has 3 N–H and O–H groups in total. The van der Waals surface area contributed by atoms with Crippen molar-refractivity contribution in [2.75, 3.05) is 32.6 Å². The summed E-state index contributed by atoms with van der Waals surface area (Å²) in [5.74, 6) is 6.49. The third-order valence-corrected chi connectivity index (χ3v) is 6.87. The molecule has 1 aliphatic heterocycles. The molecule has 186 valence electrons. The first kappa shape index (κ1) is 23.6. The lowest BCUT2D eigenvalue weighted by Gasteiger charge is -2.22. The van der Waals surface area contributed by atoms with Gasteiger partial charge in [0, 0.05) is 26.4 Å². The Bertz CT molecular complexity index is 1410. The van der Waals surface area contributed by atoms with Crippen molar-refractivity contribution in [3.8, 4) is 11.8 Å². The van der Waals surface area contributed by atoms with Gasteiger partial charge in [0.1, 0.15) is 11.4 Å². The number of rotatable bonds is 7. The van der Waals surface area contributed by atoms with Crippen LogP contribution in [0.2, 0.25) is 0 Å². The molecule has 4 heterocycles. The third kappa shape index (κ3) is 4.12. The summed E-state index contributed by atoms with van der Waals surface area (Å²) in [6, 6.07) is 3.75. The van der Waals surface area contributed by atoms with Crippen LogP contribution in [0.1, 0.15) is 58.5 Å². The number of amides is 2. The normalized spacial score (nSPS) is 19.2. The Balaban J connectivity index is 1.53. The highest BCUT2D eigenvalue weighted by Gasteiger charge is 2.37. The zero-order valence-electron chi connectivity index (χ0n) is 20.4.